The van der Waals surface area contributed by atoms with Crippen LogP contribution in [0.4, 0.5) is 0 Å². The fourth-order valence-electron chi connectivity index (χ4n) is 3.83. The molecule has 0 aromatic rings. The second-order valence-electron chi connectivity index (χ2n) is 7.38. The summed E-state index contributed by atoms with van der Waals surface area (Å²) >= 11 is 0. The van der Waals surface area contributed by atoms with Crippen LogP contribution in [0.15, 0.2) is 34.1 Å². The number of ketones is 2. The van der Waals surface area contributed by atoms with E-state index in [4.69, 9.17) is 0 Å². The van der Waals surface area contributed by atoms with Crippen LogP contribution in [-0.2, 0) is 9.59 Å². The van der Waals surface area contributed by atoms with Gasteiger partial charge in [-0.05, 0) is 64.2 Å². The van der Waals surface area contributed by atoms with Crippen molar-refractivity contribution in [3.63, 3.8) is 0 Å². The molecule has 0 fully saturated rings. The van der Waals surface area contributed by atoms with Crippen molar-refractivity contribution >= 4 is 11.6 Å². The molecular formula is C20H28O3. The van der Waals surface area contributed by atoms with Gasteiger partial charge in [-0.1, -0.05) is 25.5 Å². The summed E-state index contributed by atoms with van der Waals surface area (Å²) in [6.07, 6.45) is 6.09. The Morgan fingerprint density at radius 3 is 2.48 bits per heavy atom. The number of Topliss-reactive ketones (excluding diaryl/α,β-unsaturated/α-hetero) is 2. The molecule has 0 spiro atoms. The monoisotopic (exact) mass is 316 g/mol. The van der Waals surface area contributed by atoms with E-state index in [1.807, 2.05) is 6.92 Å². The van der Waals surface area contributed by atoms with Gasteiger partial charge in [0.1, 0.15) is 0 Å². The number of aliphatic hydroxyl groups is 1. The molecule has 0 radical (unpaired) electrons. The van der Waals surface area contributed by atoms with E-state index in [1.165, 1.54) is 5.57 Å². The lowest BCUT2D eigenvalue weighted by Gasteiger charge is -2.36. The van der Waals surface area contributed by atoms with Crippen molar-refractivity contribution < 1.29 is 14.7 Å². The molecule has 0 amide bonds. The Bertz CT molecular complexity index is 615. The van der Waals surface area contributed by atoms with Gasteiger partial charge in [0.25, 0.3) is 0 Å². The molecule has 2 aliphatic carbocycles. The van der Waals surface area contributed by atoms with Gasteiger partial charge in [0.05, 0.1) is 0 Å². The number of carbonyl (C=O) groups is 2. The topological polar surface area (TPSA) is 54.4 Å². The molecule has 3 nitrogen and oxygen atoms in total. The number of carbonyl (C=O) groups excluding carboxylic acids is 2. The molecule has 126 valence electrons. The van der Waals surface area contributed by atoms with Crippen LogP contribution in [0, 0.1) is 17.8 Å². The molecule has 3 atom stereocenters. The van der Waals surface area contributed by atoms with Crippen LogP contribution in [0.3, 0.4) is 0 Å². The number of hydrogen-bond donors (Lipinski definition) is 1. The maximum Gasteiger partial charge on any atom is 0.224 e. The molecule has 0 heterocycles. The van der Waals surface area contributed by atoms with Crippen LogP contribution in [0.2, 0.25) is 0 Å². The molecule has 2 aliphatic rings. The molecular weight excluding hydrogens is 288 g/mol. The quantitative estimate of drug-likeness (QED) is 0.604. The normalized spacial score (nSPS) is 26.3. The van der Waals surface area contributed by atoms with Crippen molar-refractivity contribution in [2.45, 2.75) is 60.3 Å². The van der Waals surface area contributed by atoms with Crippen molar-refractivity contribution in [1.29, 1.82) is 0 Å². The third kappa shape index (κ3) is 3.34. The summed E-state index contributed by atoms with van der Waals surface area (Å²) < 4.78 is 0. The summed E-state index contributed by atoms with van der Waals surface area (Å²) in [4.78, 5) is 25.2. The molecule has 2 rings (SSSR count). The summed E-state index contributed by atoms with van der Waals surface area (Å²) in [5.74, 6) is -0.260. The highest BCUT2D eigenvalue weighted by molar-refractivity contribution is 6.24. The largest absolute Gasteiger partial charge is 0.504 e. The molecule has 3 heteroatoms. The fraction of sp³-hybridized carbons (Fsp3) is 0.600. The zero-order valence-corrected chi connectivity index (χ0v) is 14.9. The minimum atomic E-state index is -0.349. The van der Waals surface area contributed by atoms with Crippen molar-refractivity contribution in [3.05, 3.63) is 34.1 Å². The average Bonchev–Trinajstić information content (AvgIpc) is 2.49. The van der Waals surface area contributed by atoms with Crippen LogP contribution < -0.4 is 0 Å². The highest BCUT2D eigenvalue weighted by Crippen LogP contribution is 2.44. The van der Waals surface area contributed by atoms with Crippen LogP contribution in [-0.4, -0.2) is 16.7 Å². The van der Waals surface area contributed by atoms with E-state index in [0.717, 1.165) is 25.7 Å². The van der Waals surface area contributed by atoms with Crippen LogP contribution >= 0.6 is 0 Å². The minimum absolute atomic E-state index is 0.0536. The Hall–Kier alpha value is -1.64. The first-order valence-corrected chi connectivity index (χ1v) is 8.62. The van der Waals surface area contributed by atoms with Gasteiger partial charge in [0.2, 0.25) is 5.78 Å². The van der Waals surface area contributed by atoms with E-state index >= 15 is 0 Å². The first kappa shape index (κ1) is 17.7. The van der Waals surface area contributed by atoms with Crippen molar-refractivity contribution in [3.8, 4) is 0 Å². The third-order valence-corrected chi connectivity index (χ3v) is 5.33. The summed E-state index contributed by atoms with van der Waals surface area (Å²) in [6.45, 7) is 9.90. The highest BCUT2D eigenvalue weighted by atomic mass is 16.3. The molecule has 0 aliphatic heterocycles. The van der Waals surface area contributed by atoms with Gasteiger partial charge in [-0.15, -0.1) is 0 Å². The highest BCUT2D eigenvalue weighted by Gasteiger charge is 2.42. The predicted molar refractivity (Wildman–Crippen MR) is 92.1 cm³/mol. The van der Waals surface area contributed by atoms with Crippen LogP contribution in [0.1, 0.15) is 60.3 Å². The molecule has 0 saturated carbocycles. The second kappa shape index (κ2) is 6.86. The Balaban J connectivity index is 2.32. The van der Waals surface area contributed by atoms with Crippen molar-refractivity contribution in [1.82, 2.24) is 0 Å². The van der Waals surface area contributed by atoms with Crippen LogP contribution in [0.25, 0.3) is 0 Å². The standard InChI is InChI=1S/C20H28O3/c1-11(2)7-6-8-12(3)15-10-9-13(4)16-17(15)18(21)14(5)19(22)20(16)23/h7,12-13,15,22H,6,8-10H2,1-5H3/t12-,13-,15+/m0/s1. The number of rotatable bonds is 4. The first-order chi connectivity index (χ1) is 10.8. The SMILES string of the molecule is CC(C)=CCC[C@H](C)[C@H]1CC[C@H](C)C2=C1C(=O)C(C)=C(O)C2=O. The van der Waals surface area contributed by atoms with Crippen molar-refractivity contribution in [2.75, 3.05) is 0 Å². The smallest absolute Gasteiger partial charge is 0.224 e. The van der Waals surface area contributed by atoms with E-state index in [0.29, 0.717) is 17.1 Å². The fourth-order valence-corrected chi connectivity index (χ4v) is 3.83. The van der Waals surface area contributed by atoms with Gasteiger partial charge in [-0.25, -0.2) is 0 Å². The van der Waals surface area contributed by atoms with E-state index in [-0.39, 0.29) is 34.7 Å². The van der Waals surface area contributed by atoms with Gasteiger partial charge >= 0.3 is 0 Å². The molecule has 0 aromatic carbocycles. The van der Waals surface area contributed by atoms with Gasteiger partial charge in [-0.2, -0.15) is 0 Å². The third-order valence-electron chi connectivity index (χ3n) is 5.33. The number of hydrogen-bond acceptors (Lipinski definition) is 3. The van der Waals surface area contributed by atoms with Gasteiger partial charge in [0.15, 0.2) is 11.5 Å². The van der Waals surface area contributed by atoms with E-state index in [9.17, 15) is 14.7 Å². The maximum atomic E-state index is 12.7. The lowest BCUT2D eigenvalue weighted by molar-refractivity contribution is -0.119. The summed E-state index contributed by atoms with van der Waals surface area (Å²) in [5.41, 5.74) is 2.78. The maximum absolute atomic E-state index is 12.7. The van der Waals surface area contributed by atoms with E-state index < -0.39 is 0 Å². The Labute approximate surface area is 139 Å². The zero-order chi connectivity index (χ0) is 17.3. The summed E-state index contributed by atoms with van der Waals surface area (Å²) in [5, 5.41) is 9.97. The van der Waals surface area contributed by atoms with Crippen LogP contribution in [0.5, 0.6) is 0 Å². The second-order valence-corrected chi connectivity index (χ2v) is 7.38. The number of allylic oxidation sites excluding steroid dienone is 5. The van der Waals surface area contributed by atoms with E-state index in [2.05, 4.69) is 26.8 Å². The molecule has 23 heavy (non-hydrogen) atoms. The predicted octanol–water partition coefficient (Wildman–Crippen LogP) is 4.70. The zero-order valence-electron chi connectivity index (χ0n) is 14.9. The van der Waals surface area contributed by atoms with Crippen molar-refractivity contribution in [2.24, 2.45) is 17.8 Å². The Morgan fingerprint density at radius 1 is 1.22 bits per heavy atom. The lowest BCUT2D eigenvalue weighted by Crippen LogP contribution is -2.35. The molecule has 0 aromatic heterocycles. The van der Waals surface area contributed by atoms with E-state index in [1.54, 1.807) is 6.92 Å². The van der Waals surface area contributed by atoms with Gasteiger partial charge < -0.3 is 5.11 Å². The first-order valence-electron chi connectivity index (χ1n) is 8.62. The Kier molecular flexibility index (Phi) is 5.28. The van der Waals surface area contributed by atoms with Gasteiger partial charge in [0, 0.05) is 16.7 Å². The Morgan fingerprint density at radius 2 is 1.87 bits per heavy atom. The average molecular weight is 316 g/mol. The van der Waals surface area contributed by atoms with Gasteiger partial charge in [-0.3, -0.25) is 9.59 Å². The minimum Gasteiger partial charge on any atom is -0.504 e. The lowest BCUT2D eigenvalue weighted by atomic mass is 9.66. The summed E-state index contributed by atoms with van der Waals surface area (Å²) in [7, 11) is 0. The summed E-state index contributed by atoms with van der Waals surface area (Å²) in [6, 6.07) is 0. The molecule has 0 unspecified atom stereocenters. The number of aliphatic hydroxyl groups excluding tert-OH is 1. The molecule has 0 saturated heterocycles. The molecule has 1 N–H and O–H groups in total. The molecule has 0 bridgehead atoms.